The third-order valence-electron chi connectivity index (χ3n) is 5.12. The summed E-state index contributed by atoms with van der Waals surface area (Å²) in [6.07, 6.45) is 0. The van der Waals surface area contributed by atoms with Gasteiger partial charge in [-0.3, -0.25) is 4.79 Å². The first-order valence-corrected chi connectivity index (χ1v) is 13.0. The molecule has 9 heteroatoms. The minimum absolute atomic E-state index is 0.0841. The smallest absolute Gasteiger partial charge is 0.234 e. The summed E-state index contributed by atoms with van der Waals surface area (Å²) in [4.78, 5) is 18.4. The number of thioether (sulfide) groups is 1. The Hall–Kier alpha value is -3.01. The summed E-state index contributed by atoms with van der Waals surface area (Å²) in [6.45, 7) is 4.15. The maximum absolute atomic E-state index is 12.5. The number of thiazole rings is 1. The van der Waals surface area contributed by atoms with Gasteiger partial charge < -0.3 is 9.88 Å². The van der Waals surface area contributed by atoms with Crippen LogP contribution < -0.4 is 5.32 Å². The Kier molecular flexibility index (Phi) is 6.01. The molecule has 0 unspecified atom stereocenters. The van der Waals surface area contributed by atoms with E-state index in [1.807, 2.05) is 35.9 Å². The largest absolute Gasteiger partial charge is 0.325 e. The number of amides is 1. The Bertz CT molecular complexity index is 1450. The number of rotatable bonds is 6. The molecule has 0 spiro atoms. The standard InChI is InChI=1S/C24H21N5OS3/c1-14-4-9-19-20(10-14)33-23(26-19)16-5-7-18(8-6-16)25-21(30)13-32-24-28-27-22(29(24)3)17-11-15(2)31-12-17/h4-12H,13H2,1-3H3,(H,25,30). The number of carbonyl (C=O) groups excluding carboxylic acids is 1. The Balaban J connectivity index is 1.21. The number of nitrogens with zero attached hydrogens (tertiary/aromatic N) is 4. The van der Waals surface area contributed by atoms with Crippen LogP contribution in [-0.2, 0) is 11.8 Å². The molecule has 33 heavy (non-hydrogen) atoms. The quantitative estimate of drug-likeness (QED) is 0.288. The zero-order valence-corrected chi connectivity index (χ0v) is 20.8. The molecule has 0 aliphatic heterocycles. The fourth-order valence-corrected chi connectivity index (χ4v) is 5.89. The number of aryl methyl sites for hydroxylation is 2. The van der Waals surface area contributed by atoms with Gasteiger partial charge in [0.2, 0.25) is 5.91 Å². The van der Waals surface area contributed by atoms with Gasteiger partial charge in [0.05, 0.1) is 16.0 Å². The lowest BCUT2D eigenvalue weighted by atomic mass is 10.2. The highest BCUT2D eigenvalue weighted by Crippen LogP contribution is 2.31. The molecular weight excluding hydrogens is 470 g/mol. The summed E-state index contributed by atoms with van der Waals surface area (Å²) >= 11 is 4.73. The highest BCUT2D eigenvalue weighted by atomic mass is 32.2. The van der Waals surface area contributed by atoms with Crippen LogP contribution in [0.1, 0.15) is 10.4 Å². The van der Waals surface area contributed by atoms with E-state index < -0.39 is 0 Å². The van der Waals surface area contributed by atoms with Crippen molar-refractivity contribution in [3.05, 3.63) is 64.4 Å². The van der Waals surface area contributed by atoms with Crippen molar-refractivity contribution in [1.29, 1.82) is 0 Å². The normalized spacial score (nSPS) is 11.2. The zero-order valence-electron chi connectivity index (χ0n) is 18.3. The monoisotopic (exact) mass is 491 g/mol. The fraction of sp³-hybridized carbons (Fsp3) is 0.167. The highest BCUT2D eigenvalue weighted by molar-refractivity contribution is 7.99. The van der Waals surface area contributed by atoms with Crippen LogP contribution in [0.4, 0.5) is 5.69 Å². The van der Waals surface area contributed by atoms with Gasteiger partial charge in [0.1, 0.15) is 5.01 Å². The highest BCUT2D eigenvalue weighted by Gasteiger charge is 2.14. The molecule has 3 aromatic heterocycles. The minimum Gasteiger partial charge on any atom is -0.325 e. The molecule has 0 aliphatic carbocycles. The number of nitrogens with one attached hydrogen (secondary N) is 1. The number of carbonyl (C=O) groups is 1. The van der Waals surface area contributed by atoms with E-state index in [0.29, 0.717) is 5.16 Å². The maximum Gasteiger partial charge on any atom is 0.234 e. The molecule has 1 amide bonds. The first-order valence-electron chi connectivity index (χ1n) is 10.3. The second-order valence-corrected chi connectivity index (χ2v) is 10.8. The van der Waals surface area contributed by atoms with Crippen molar-refractivity contribution in [1.82, 2.24) is 19.7 Å². The number of aromatic nitrogens is 4. The Labute approximate surface area is 203 Å². The number of thiophene rings is 1. The third-order valence-corrected chi connectivity index (χ3v) is 8.06. The predicted octanol–water partition coefficient (Wildman–Crippen LogP) is 6.17. The van der Waals surface area contributed by atoms with Crippen molar-refractivity contribution < 1.29 is 4.79 Å². The minimum atomic E-state index is -0.0841. The Morgan fingerprint density at radius 1 is 1.06 bits per heavy atom. The molecule has 6 nitrogen and oxygen atoms in total. The predicted molar refractivity (Wildman–Crippen MR) is 138 cm³/mol. The van der Waals surface area contributed by atoms with Crippen molar-refractivity contribution in [2.75, 3.05) is 11.1 Å². The average molecular weight is 492 g/mol. The van der Waals surface area contributed by atoms with Gasteiger partial charge in [-0.25, -0.2) is 4.98 Å². The van der Waals surface area contributed by atoms with Crippen molar-refractivity contribution in [3.8, 4) is 22.0 Å². The van der Waals surface area contributed by atoms with E-state index in [9.17, 15) is 4.79 Å². The third kappa shape index (κ3) is 4.71. The van der Waals surface area contributed by atoms with Crippen molar-refractivity contribution in [2.45, 2.75) is 19.0 Å². The van der Waals surface area contributed by atoms with E-state index in [0.717, 1.165) is 33.2 Å². The van der Waals surface area contributed by atoms with Gasteiger partial charge in [-0.05, 0) is 61.9 Å². The summed E-state index contributed by atoms with van der Waals surface area (Å²) in [5.41, 5.74) is 5.08. The molecule has 0 aliphatic rings. The Morgan fingerprint density at radius 2 is 1.88 bits per heavy atom. The van der Waals surface area contributed by atoms with Crippen LogP contribution in [0.15, 0.2) is 59.1 Å². The van der Waals surface area contributed by atoms with Gasteiger partial charge in [0.15, 0.2) is 11.0 Å². The molecule has 5 rings (SSSR count). The van der Waals surface area contributed by atoms with Crippen molar-refractivity contribution in [2.24, 2.45) is 7.05 Å². The van der Waals surface area contributed by atoms with Crippen LogP contribution in [0.3, 0.4) is 0 Å². The summed E-state index contributed by atoms with van der Waals surface area (Å²) in [6, 6.07) is 16.2. The van der Waals surface area contributed by atoms with Crippen LogP contribution in [0, 0.1) is 13.8 Å². The van der Waals surface area contributed by atoms with E-state index in [4.69, 9.17) is 4.98 Å². The van der Waals surface area contributed by atoms with Crippen LogP contribution in [-0.4, -0.2) is 31.4 Å². The van der Waals surface area contributed by atoms with Crippen molar-refractivity contribution in [3.63, 3.8) is 0 Å². The number of hydrogen-bond acceptors (Lipinski definition) is 7. The lowest BCUT2D eigenvalue weighted by Crippen LogP contribution is -2.14. The first kappa shape index (κ1) is 21.8. The summed E-state index contributed by atoms with van der Waals surface area (Å²) in [7, 11) is 1.92. The van der Waals surface area contributed by atoms with Crippen LogP contribution in [0.5, 0.6) is 0 Å². The first-order chi connectivity index (χ1) is 16.0. The zero-order chi connectivity index (χ0) is 22.9. The molecule has 5 aromatic rings. The number of anilines is 1. The summed E-state index contributed by atoms with van der Waals surface area (Å²) in [5.74, 6) is 0.982. The molecule has 0 saturated heterocycles. The van der Waals surface area contributed by atoms with Gasteiger partial charge in [0.25, 0.3) is 0 Å². The molecule has 0 saturated carbocycles. The number of hydrogen-bond donors (Lipinski definition) is 1. The molecule has 0 radical (unpaired) electrons. The van der Waals surface area contributed by atoms with Gasteiger partial charge >= 0.3 is 0 Å². The summed E-state index contributed by atoms with van der Waals surface area (Å²) in [5, 5.41) is 15.2. The van der Waals surface area contributed by atoms with Gasteiger partial charge in [-0.15, -0.1) is 32.9 Å². The van der Waals surface area contributed by atoms with Gasteiger partial charge in [0, 0.05) is 34.1 Å². The van der Waals surface area contributed by atoms with Crippen molar-refractivity contribution >= 4 is 56.2 Å². The fourth-order valence-electron chi connectivity index (χ4n) is 3.43. The molecule has 0 atom stereocenters. The second kappa shape index (κ2) is 9.09. The van der Waals surface area contributed by atoms with Gasteiger partial charge in [-0.1, -0.05) is 17.8 Å². The van der Waals surface area contributed by atoms with E-state index in [1.54, 1.807) is 22.7 Å². The average Bonchev–Trinajstić information content (AvgIpc) is 3.51. The van der Waals surface area contributed by atoms with Crippen LogP contribution in [0.2, 0.25) is 0 Å². The molecular formula is C24H21N5OS3. The van der Waals surface area contributed by atoms with Gasteiger partial charge in [-0.2, -0.15) is 0 Å². The van der Waals surface area contributed by atoms with Crippen LogP contribution >= 0.6 is 34.4 Å². The molecule has 2 aromatic carbocycles. The molecule has 0 fully saturated rings. The topological polar surface area (TPSA) is 72.7 Å². The van der Waals surface area contributed by atoms with E-state index in [2.05, 4.69) is 59.0 Å². The molecule has 0 bridgehead atoms. The number of fused-ring (bicyclic) bond motifs is 1. The molecule has 3 heterocycles. The van der Waals surface area contributed by atoms with E-state index >= 15 is 0 Å². The van der Waals surface area contributed by atoms with Crippen LogP contribution in [0.25, 0.3) is 32.2 Å². The lowest BCUT2D eigenvalue weighted by molar-refractivity contribution is -0.113. The SMILES string of the molecule is Cc1ccc2nc(-c3ccc(NC(=O)CSc4nnc(-c5csc(C)c5)n4C)cc3)sc2c1. The van der Waals surface area contributed by atoms with E-state index in [1.165, 1.54) is 26.9 Å². The molecule has 166 valence electrons. The Morgan fingerprint density at radius 3 is 2.64 bits per heavy atom. The number of benzene rings is 2. The lowest BCUT2D eigenvalue weighted by Gasteiger charge is -2.06. The van der Waals surface area contributed by atoms with E-state index in [-0.39, 0.29) is 11.7 Å². The maximum atomic E-state index is 12.5. The summed E-state index contributed by atoms with van der Waals surface area (Å²) < 4.78 is 3.11. The second-order valence-electron chi connectivity index (χ2n) is 7.72. The molecule has 1 N–H and O–H groups in total.